The normalized spacial score (nSPS) is 10.3. The molecule has 1 aromatic carbocycles. The zero-order chi connectivity index (χ0) is 16.3. The van der Waals surface area contributed by atoms with Gasteiger partial charge in [-0.15, -0.1) is 5.10 Å². The van der Waals surface area contributed by atoms with Gasteiger partial charge in [-0.05, 0) is 25.1 Å². The summed E-state index contributed by atoms with van der Waals surface area (Å²) in [6.07, 6.45) is 0. The molecule has 2 rings (SSSR count). The number of allylic oxidation sites excluding steroid dienone is 1. The van der Waals surface area contributed by atoms with E-state index in [1.54, 1.807) is 18.2 Å². The maximum atomic E-state index is 11.4. The molecule has 0 unspecified atom stereocenters. The molecular weight excluding hydrogens is 286 g/mol. The molecule has 7 nitrogen and oxygen atoms in total. The predicted molar refractivity (Wildman–Crippen MR) is 80.3 cm³/mol. The Hall–Kier alpha value is -2.83. The lowest BCUT2D eigenvalue weighted by molar-refractivity contribution is 0.0691. The lowest BCUT2D eigenvalue weighted by Crippen LogP contribution is -2.06. The third-order valence-corrected chi connectivity index (χ3v) is 3.01. The highest BCUT2D eigenvalue weighted by molar-refractivity contribution is 5.92. The largest absolute Gasteiger partial charge is 0.493 e. The lowest BCUT2D eigenvalue weighted by Gasteiger charge is -2.11. The Bertz CT molecular complexity index is 722. The molecule has 0 amide bonds. The van der Waals surface area contributed by atoms with Gasteiger partial charge in [0, 0.05) is 5.56 Å². The summed E-state index contributed by atoms with van der Waals surface area (Å²) in [7, 11) is 3.05. The average Bonchev–Trinajstić information content (AvgIpc) is 2.89. The van der Waals surface area contributed by atoms with Crippen LogP contribution in [0.2, 0.25) is 0 Å². The van der Waals surface area contributed by atoms with Gasteiger partial charge in [0.05, 0.1) is 20.8 Å². The van der Waals surface area contributed by atoms with Crippen LogP contribution in [0.3, 0.4) is 0 Å². The lowest BCUT2D eigenvalue weighted by atomic mass is 10.1. The number of rotatable bonds is 6. The van der Waals surface area contributed by atoms with Gasteiger partial charge in [-0.3, -0.25) is 0 Å². The summed E-state index contributed by atoms with van der Waals surface area (Å²) in [6, 6.07) is 5.14. The summed E-state index contributed by atoms with van der Waals surface area (Å²) in [5, 5.41) is 17.0. The number of nitrogens with zero attached hydrogens (tertiary/aromatic N) is 3. The van der Waals surface area contributed by atoms with Crippen molar-refractivity contribution in [1.29, 1.82) is 0 Å². The van der Waals surface area contributed by atoms with E-state index in [0.29, 0.717) is 29.3 Å². The minimum absolute atomic E-state index is 0.117. The zero-order valence-corrected chi connectivity index (χ0v) is 12.7. The van der Waals surface area contributed by atoms with Gasteiger partial charge < -0.3 is 14.6 Å². The molecule has 0 aliphatic rings. The quantitative estimate of drug-likeness (QED) is 0.824. The van der Waals surface area contributed by atoms with Crippen molar-refractivity contribution in [3.8, 4) is 22.8 Å². The second kappa shape index (κ2) is 6.30. The number of benzene rings is 1. The summed E-state index contributed by atoms with van der Waals surface area (Å²) in [5.74, 6) is -0.0841. The Kier molecular flexibility index (Phi) is 4.45. The first-order valence-corrected chi connectivity index (χ1v) is 6.51. The van der Waals surface area contributed by atoms with Crippen LogP contribution in [0.5, 0.6) is 11.5 Å². The molecule has 1 N–H and O–H groups in total. The average molecular weight is 303 g/mol. The zero-order valence-electron chi connectivity index (χ0n) is 12.7. The molecule has 7 heteroatoms. The summed E-state index contributed by atoms with van der Waals surface area (Å²) in [6.45, 7) is 6.03. The molecule has 0 spiro atoms. The molecule has 1 heterocycles. The molecule has 22 heavy (non-hydrogen) atoms. The Balaban J connectivity index is 2.61. The third-order valence-electron chi connectivity index (χ3n) is 3.01. The summed E-state index contributed by atoms with van der Waals surface area (Å²) >= 11 is 0. The van der Waals surface area contributed by atoms with Crippen LogP contribution in [0.1, 0.15) is 17.4 Å². The highest BCUT2D eigenvalue weighted by atomic mass is 16.5. The van der Waals surface area contributed by atoms with Gasteiger partial charge in [0.2, 0.25) is 0 Å². The van der Waals surface area contributed by atoms with Crippen molar-refractivity contribution in [3.05, 3.63) is 36.0 Å². The van der Waals surface area contributed by atoms with Gasteiger partial charge in [0.25, 0.3) is 0 Å². The number of hydrogen-bond acceptors (Lipinski definition) is 5. The molecule has 116 valence electrons. The maximum Gasteiger partial charge on any atom is 0.358 e. The highest BCUT2D eigenvalue weighted by Crippen LogP contribution is 2.33. The topological polar surface area (TPSA) is 86.5 Å². The van der Waals surface area contributed by atoms with E-state index in [2.05, 4.69) is 16.9 Å². The van der Waals surface area contributed by atoms with E-state index in [1.807, 2.05) is 6.92 Å². The number of aromatic carboxylic acids is 1. The minimum Gasteiger partial charge on any atom is -0.493 e. The van der Waals surface area contributed by atoms with Crippen molar-refractivity contribution in [1.82, 2.24) is 15.0 Å². The minimum atomic E-state index is -1.14. The Morgan fingerprint density at radius 2 is 2.00 bits per heavy atom. The second-order valence-corrected chi connectivity index (χ2v) is 4.78. The van der Waals surface area contributed by atoms with Crippen LogP contribution in [0.15, 0.2) is 30.4 Å². The SMILES string of the molecule is C=C(C)Cn1nnc(C(=O)O)c1-c1ccc(OC)c(OC)c1. The molecule has 0 aliphatic carbocycles. The van der Waals surface area contributed by atoms with Gasteiger partial charge in [-0.25, -0.2) is 9.48 Å². The second-order valence-electron chi connectivity index (χ2n) is 4.78. The van der Waals surface area contributed by atoms with Crippen molar-refractivity contribution in [2.75, 3.05) is 14.2 Å². The standard InChI is InChI=1S/C15H17N3O4/c1-9(2)8-18-14(13(15(19)20)16-17-18)10-5-6-11(21-3)12(7-10)22-4/h5-7H,1,8H2,2-4H3,(H,19,20). The fourth-order valence-corrected chi connectivity index (χ4v) is 2.09. The first-order chi connectivity index (χ1) is 10.5. The fraction of sp³-hybridized carbons (Fsp3) is 0.267. The highest BCUT2D eigenvalue weighted by Gasteiger charge is 2.21. The van der Waals surface area contributed by atoms with E-state index in [-0.39, 0.29) is 5.69 Å². The van der Waals surface area contributed by atoms with Gasteiger partial charge in [-0.1, -0.05) is 17.4 Å². The molecule has 1 aromatic heterocycles. The van der Waals surface area contributed by atoms with Crippen LogP contribution >= 0.6 is 0 Å². The molecule has 0 radical (unpaired) electrons. The van der Waals surface area contributed by atoms with Gasteiger partial charge in [0.15, 0.2) is 17.2 Å². The van der Waals surface area contributed by atoms with Crippen LogP contribution in [0.4, 0.5) is 0 Å². The summed E-state index contributed by atoms with van der Waals surface area (Å²) in [5.41, 5.74) is 1.75. The fourth-order valence-electron chi connectivity index (χ4n) is 2.09. The summed E-state index contributed by atoms with van der Waals surface area (Å²) in [4.78, 5) is 11.4. The molecular formula is C15H17N3O4. The van der Waals surface area contributed by atoms with E-state index < -0.39 is 5.97 Å². The number of carboxylic acids is 1. The van der Waals surface area contributed by atoms with Crippen molar-refractivity contribution in [2.45, 2.75) is 13.5 Å². The van der Waals surface area contributed by atoms with Crippen molar-refractivity contribution >= 4 is 5.97 Å². The number of carbonyl (C=O) groups is 1. The first kappa shape index (κ1) is 15.6. The van der Waals surface area contributed by atoms with E-state index in [9.17, 15) is 9.90 Å². The van der Waals surface area contributed by atoms with E-state index in [4.69, 9.17) is 9.47 Å². The number of ether oxygens (including phenoxy) is 2. The number of hydrogen-bond donors (Lipinski definition) is 1. The Morgan fingerprint density at radius 3 is 2.55 bits per heavy atom. The predicted octanol–water partition coefficient (Wildman–Crippen LogP) is 2.24. The van der Waals surface area contributed by atoms with Crippen LogP contribution in [0.25, 0.3) is 11.3 Å². The van der Waals surface area contributed by atoms with Crippen LogP contribution in [-0.2, 0) is 6.54 Å². The molecule has 0 aliphatic heterocycles. The third kappa shape index (κ3) is 2.93. The van der Waals surface area contributed by atoms with Crippen LogP contribution in [-0.4, -0.2) is 40.3 Å². The molecule has 2 aromatic rings. The van der Waals surface area contributed by atoms with E-state index in [1.165, 1.54) is 18.9 Å². The van der Waals surface area contributed by atoms with Crippen LogP contribution < -0.4 is 9.47 Å². The van der Waals surface area contributed by atoms with Crippen LogP contribution in [0, 0.1) is 0 Å². The molecule has 0 saturated heterocycles. The Morgan fingerprint density at radius 1 is 1.32 bits per heavy atom. The summed E-state index contributed by atoms with van der Waals surface area (Å²) < 4.78 is 12.0. The molecule has 0 bridgehead atoms. The van der Waals surface area contributed by atoms with E-state index in [0.717, 1.165) is 5.57 Å². The van der Waals surface area contributed by atoms with Gasteiger partial charge >= 0.3 is 5.97 Å². The monoisotopic (exact) mass is 303 g/mol. The van der Waals surface area contributed by atoms with Crippen molar-refractivity contribution < 1.29 is 19.4 Å². The number of methoxy groups -OCH3 is 2. The Labute approximate surface area is 127 Å². The molecule has 0 saturated carbocycles. The smallest absolute Gasteiger partial charge is 0.358 e. The maximum absolute atomic E-state index is 11.4. The number of carboxylic acid groups (broad SMARTS) is 1. The number of aromatic nitrogens is 3. The van der Waals surface area contributed by atoms with Gasteiger partial charge in [-0.2, -0.15) is 0 Å². The molecule has 0 fully saturated rings. The molecule has 0 atom stereocenters. The first-order valence-electron chi connectivity index (χ1n) is 6.51. The van der Waals surface area contributed by atoms with E-state index >= 15 is 0 Å². The van der Waals surface area contributed by atoms with Gasteiger partial charge in [0.1, 0.15) is 5.69 Å². The van der Waals surface area contributed by atoms with Crippen molar-refractivity contribution in [3.63, 3.8) is 0 Å². The van der Waals surface area contributed by atoms with Crippen molar-refractivity contribution in [2.24, 2.45) is 0 Å².